The molecule has 40 heavy (non-hydrogen) atoms. The molecule has 0 radical (unpaired) electrons. The van der Waals surface area contributed by atoms with Crippen molar-refractivity contribution in [1.29, 1.82) is 0 Å². The molecule has 8 heteroatoms. The molecule has 3 aromatic rings. The van der Waals surface area contributed by atoms with E-state index in [1.807, 2.05) is 54.6 Å². The van der Waals surface area contributed by atoms with Gasteiger partial charge in [0, 0.05) is 37.8 Å². The fraction of sp³-hybridized carbons (Fsp3) is 0.312. The van der Waals surface area contributed by atoms with E-state index in [1.54, 1.807) is 28.0 Å². The van der Waals surface area contributed by atoms with Gasteiger partial charge in [0.25, 0.3) is 5.91 Å². The zero-order chi connectivity index (χ0) is 28.5. The molecule has 1 heterocycles. The predicted molar refractivity (Wildman–Crippen MR) is 154 cm³/mol. The van der Waals surface area contributed by atoms with E-state index in [4.69, 9.17) is 18.9 Å². The molecule has 1 aliphatic rings. The summed E-state index contributed by atoms with van der Waals surface area (Å²) in [5.74, 6) is 1.82. The molecule has 0 N–H and O–H groups in total. The third kappa shape index (κ3) is 6.57. The van der Waals surface area contributed by atoms with Crippen LogP contribution in [-0.2, 0) is 4.79 Å². The van der Waals surface area contributed by atoms with Crippen molar-refractivity contribution < 1.29 is 28.5 Å². The molecule has 0 saturated carbocycles. The summed E-state index contributed by atoms with van der Waals surface area (Å²) in [7, 11) is 4.55. The molecular formula is C32H36N2O6. The first-order chi connectivity index (χ1) is 19.5. The van der Waals surface area contributed by atoms with Crippen LogP contribution in [0.3, 0.4) is 0 Å². The van der Waals surface area contributed by atoms with Crippen LogP contribution in [0.25, 0.3) is 5.57 Å². The molecule has 0 aromatic heterocycles. The lowest BCUT2D eigenvalue weighted by Crippen LogP contribution is -2.50. The maximum Gasteiger partial charge on any atom is 0.254 e. The number of benzene rings is 3. The van der Waals surface area contributed by atoms with Gasteiger partial charge in [-0.2, -0.15) is 0 Å². The normalized spacial score (nSPS) is 13.6. The topological polar surface area (TPSA) is 77.5 Å². The maximum absolute atomic E-state index is 13.4. The van der Waals surface area contributed by atoms with Gasteiger partial charge in [0.1, 0.15) is 5.75 Å². The molecule has 1 aliphatic heterocycles. The Balaban J connectivity index is 1.49. The SMILES string of the molecule is CCCOc1ccc(/C(=C/C(=O)N2CCN(C(=O)c3cc(OC)c(OC)c(OC)c3)CC2)c2ccccc2)cc1. The van der Waals surface area contributed by atoms with E-state index >= 15 is 0 Å². The Labute approximate surface area is 235 Å². The summed E-state index contributed by atoms with van der Waals surface area (Å²) in [6, 6.07) is 21.0. The number of nitrogens with zero attached hydrogens (tertiary/aromatic N) is 2. The predicted octanol–water partition coefficient (Wildman–Crippen LogP) is 4.92. The highest BCUT2D eigenvalue weighted by atomic mass is 16.5. The number of hydrogen-bond donors (Lipinski definition) is 0. The van der Waals surface area contributed by atoms with Gasteiger partial charge in [0.2, 0.25) is 11.7 Å². The first kappa shape index (κ1) is 28.5. The van der Waals surface area contributed by atoms with E-state index < -0.39 is 0 Å². The number of carbonyl (C=O) groups is 2. The molecule has 8 nitrogen and oxygen atoms in total. The van der Waals surface area contributed by atoms with E-state index in [9.17, 15) is 9.59 Å². The van der Waals surface area contributed by atoms with Gasteiger partial charge in [-0.05, 0) is 47.4 Å². The smallest absolute Gasteiger partial charge is 0.254 e. The molecule has 0 atom stereocenters. The summed E-state index contributed by atoms with van der Waals surface area (Å²) in [6.45, 7) is 4.42. The second kappa shape index (κ2) is 13.6. The van der Waals surface area contributed by atoms with Gasteiger partial charge in [-0.15, -0.1) is 0 Å². The van der Waals surface area contributed by atoms with Gasteiger partial charge in [0.05, 0.1) is 27.9 Å². The summed E-state index contributed by atoms with van der Waals surface area (Å²) in [5.41, 5.74) is 3.16. The fourth-order valence-electron chi connectivity index (χ4n) is 4.63. The average molecular weight is 545 g/mol. The Morgan fingerprint density at radius 1 is 0.750 bits per heavy atom. The van der Waals surface area contributed by atoms with E-state index in [0.29, 0.717) is 55.6 Å². The Hall–Kier alpha value is -4.46. The zero-order valence-electron chi connectivity index (χ0n) is 23.5. The Bertz CT molecular complexity index is 1300. The lowest BCUT2D eigenvalue weighted by atomic mass is 9.97. The van der Waals surface area contributed by atoms with Crippen LogP contribution in [0.2, 0.25) is 0 Å². The lowest BCUT2D eigenvalue weighted by molar-refractivity contribution is -0.127. The molecule has 210 valence electrons. The monoisotopic (exact) mass is 544 g/mol. The third-order valence-corrected chi connectivity index (χ3v) is 6.78. The van der Waals surface area contributed by atoms with Crippen molar-refractivity contribution in [1.82, 2.24) is 9.80 Å². The van der Waals surface area contributed by atoms with Crippen molar-refractivity contribution in [3.8, 4) is 23.0 Å². The minimum atomic E-state index is -0.155. The van der Waals surface area contributed by atoms with E-state index in [-0.39, 0.29) is 11.8 Å². The van der Waals surface area contributed by atoms with Crippen LogP contribution in [0.4, 0.5) is 0 Å². The van der Waals surface area contributed by atoms with Crippen molar-refractivity contribution in [3.63, 3.8) is 0 Å². The van der Waals surface area contributed by atoms with E-state index in [0.717, 1.165) is 28.9 Å². The first-order valence-corrected chi connectivity index (χ1v) is 13.4. The van der Waals surface area contributed by atoms with Crippen LogP contribution in [-0.4, -0.2) is 75.7 Å². The number of hydrogen-bond acceptors (Lipinski definition) is 6. The Morgan fingerprint density at radius 3 is 1.88 bits per heavy atom. The van der Waals surface area contributed by atoms with E-state index in [2.05, 4.69) is 6.92 Å². The third-order valence-electron chi connectivity index (χ3n) is 6.78. The molecule has 3 aromatic carbocycles. The molecule has 0 spiro atoms. The van der Waals surface area contributed by atoms with Crippen LogP contribution in [0.5, 0.6) is 23.0 Å². The lowest BCUT2D eigenvalue weighted by Gasteiger charge is -2.34. The molecule has 0 unspecified atom stereocenters. The number of methoxy groups -OCH3 is 3. The molecule has 0 bridgehead atoms. The maximum atomic E-state index is 13.4. The van der Waals surface area contributed by atoms with Crippen molar-refractivity contribution in [2.45, 2.75) is 13.3 Å². The van der Waals surface area contributed by atoms with E-state index in [1.165, 1.54) is 21.3 Å². The summed E-state index contributed by atoms with van der Waals surface area (Å²) in [5, 5.41) is 0. The van der Waals surface area contributed by atoms with Gasteiger partial charge in [-0.25, -0.2) is 0 Å². The highest BCUT2D eigenvalue weighted by Gasteiger charge is 2.26. The van der Waals surface area contributed by atoms with Crippen LogP contribution >= 0.6 is 0 Å². The molecule has 4 rings (SSSR count). The Kier molecular flexibility index (Phi) is 9.67. The molecule has 2 amide bonds. The zero-order valence-corrected chi connectivity index (χ0v) is 23.5. The summed E-state index contributed by atoms with van der Waals surface area (Å²) in [4.78, 5) is 30.2. The first-order valence-electron chi connectivity index (χ1n) is 13.4. The quantitative estimate of drug-likeness (QED) is 0.338. The van der Waals surface area contributed by atoms with Gasteiger partial charge in [-0.1, -0.05) is 49.4 Å². The van der Waals surface area contributed by atoms with Crippen molar-refractivity contribution in [2.24, 2.45) is 0 Å². The van der Waals surface area contributed by atoms with Gasteiger partial charge in [-0.3, -0.25) is 9.59 Å². The van der Waals surface area contributed by atoms with Crippen LogP contribution < -0.4 is 18.9 Å². The van der Waals surface area contributed by atoms with Gasteiger partial charge in [0.15, 0.2) is 11.5 Å². The van der Waals surface area contributed by atoms with Crippen LogP contribution in [0.15, 0.2) is 72.8 Å². The highest BCUT2D eigenvalue weighted by molar-refractivity contribution is 5.99. The number of rotatable bonds is 10. The number of carbonyl (C=O) groups excluding carboxylic acids is 2. The second-order valence-electron chi connectivity index (χ2n) is 9.33. The van der Waals surface area contributed by atoms with Crippen molar-refractivity contribution in [3.05, 3.63) is 89.5 Å². The van der Waals surface area contributed by atoms with Gasteiger partial charge < -0.3 is 28.7 Å². The second-order valence-corrected chi connectivity index (χ2v) is 9.33. The van der Waals surface area contributed by atoms with Crippen LogP contribution in [0, 0.1) is 0 Å². The summed E-state index contributed by atoms with van der Waals surface area (Å²) >= 11 is 0. The molecule has 0 aliphatic carbocycles. The summed E-state index contributed by atoms with van der Waals surface area (Å²) in [6.07, 6.45) is 2.63. The fourth-order valence-corrected chi connectivity index (χ4v) is 4.63. The number of ether oxygens (including phenoxy) is 4. The largest absolute Gasteiger partial charge is 0.494 e. The minimum Gasteiger partial charge on any atom is -0.494 e. The van der Waals surface area contributed by atoms with Crippen molar-refractivity contribution >= 4 is 17.4 Å². The average Bonchev–Trinajstić information content (AvgIpc) is 3.02. The minimum absolute atomic E-state index is 0.0925. The highest BCUT2D eigenvalue weighted by Crippen LogP contribution is 2.38. The standard InChI is InChI=1S/C32H36N2O6/c1-5-19-40-26-13-11-24(12-14-26)27(23-9-7-6-8-10-23)22-30(35)33-15-17-34(18-16-33)32(36)25-20-28(37-2)31(39-4)29(21-25)38-3/h6-14,20-22H,5,15-19H2,1-4H3/b27-22+. The summed E-state index contributed by atoms with van der Waals surface area (Å²) < 4.78 is 21.9. The molecule has 1 saturated heterocycles. The Morgan fingerprint density at radius 2 is 1.32 bits per heavy atom. The number of amides is 2. The van der Waals surface area contributed by atoms with Gasteiger partial charge >= 0.3 is 0 Å². The molecule has 1 fully saturated rings. The number of piperazine rings is 1. The van der Waals surface area contributed by atoms with Crippen molar-refractivity contribution in [2.75, 3.05) is 54.1 Å². The molecular weight excluding hydrogens is 508 g/mol. The van der Waals surface area contributed by atoms with Crippen LogP contribution in [0.1, 0.15) is 34.8 Å².